The molecule has 1 aliphatic heterocycles. The predicted octanol–water partition coefficient (Wildman–Crippen LogP) is 1.37. The highest BCUT2D eigenvalue weighted by molar-refractivity contribution is 7.90. The number of hydrogen-bond acceptors (Lipinski definition) is 7. The van der Waals surface area contributed by atoms with Gasteiger partial charge in [-0.3, -0.25) is 14.6 Å². The number of ether oxygens (including phenoxy) is 1. The van der Waals surface area contributed by atoms with E-state index < -0.39 is 22.0 Å². The quantitative estimate of drug-likeness (QED) is 0.843. The van der Waals surface area contributed by atoms with E-state index in [0.717, 1.165) is 11.3 Å². The Morgan fingerprint density at radius 1 is 1.46 bits per heavy atom. The van der Waals surface area contributed by atoms with E-state index in [-0.39, 0.29) is 21.4 Å². The second kappa shape index (κ2) is 6.21. The minimum atomic E-state index is -4.08. The van der Waals surface area contributed by atoms with Gasteiger partial charge in [0.05, 0.1) is 22.3 Å². The number of amides is 2. The van der Waals surface area contributed by atoms with Crippen LogP contribution in [0.3, 0.4) is 0 Å². The number of fused-ring (bicyclic) bond motifs is 1. The maximum Gasteiger partial charge on any atom is 0.276 e. The maximum atomic E-state index is 12.3. The summed E-state index contributed by atoms with van der Waals surface area (Å²) in [6.45, 7) is 1.81. The largest absolute Gasteiger partial charge is 0.478 e. The van der Waals surface area contributed by atoms with Gasteiger partial charge in [0.2, 0.25) is 0 Å². The molecule has 24 heavy (non-hydrogen) atoms. The van der Waals surface area contributed by atoms with Crippen molar-refractivity contribution in [2.24, 2.45) is 0 Å². The highest BCUT2D eigenvalue weighted by Gasteiger charge is 2.28. The summed E-state index contributed by atoms with van der Waals surface area (Å²) in [7, 11) is -4.08. The summed E-state index contributed by atoms with van der Waals surface area (Å²) in [5.41, 5.74) is 1.68. The number of thiazole rings is 1. The van der Waals surface area contributed by atoms with Gasteiger partial charge in [0.1, 0.15) is 10.6 Å². The van der Waals surface area contributed by atoms with Crippen LogP contribution in [0.4, 0.5) is 5.69 Å². The monoisotopic (exact) mass is 367 g/mol. The van der Waals surface area contributed by atoms with Crippen molar-refractivity contribution in [2.75, 3.05) is 5.32 Å². The Labute approximate surface area is 141 Å². The van der Waals surface area contributed by atoms with E-state index in [2.05, 4.69) is 10.3 Å². The van der Waals surface area contributed by atoms with Crippen LogP contribution >= 0.6 is 11.3 Å². The summed E-state index contributed by atoms with van der Waals surface area (Å²) >= 11 is 1.03. The van der Waals surface area contributed by atoms with E-state index in [4.69, 9.17) is 4.74 Å². The number of carbonyl (C=O) groups is 2. The third kappa shape index (κ3) is 3.10. The molecule has 3 rings (SSSR count). The fourth-order valence-electron chi connectivity index (χ4n) is 2.12. The molecule has 1 unspecified atom stereocenters. The van der Waals surface area contributed by atoms with Crippen molar-refractivity contribution >= 4 is 38.9 Å². The summed E-state index contributed by atoms with van der Waals surface area (Å²) in [5.74, 6) is -0.719. The lowest BCUT2D eigenvalue weighted by Gasteiger charge is -2.25. The number of nitrogens with one attached hydrogen (secondary N) is 2. The Morgan fingerprint density at radius 3 is 2.92 bits per heavy atom. The number of rotatable bonds is 4. The number of aromatic nitrogens is 1. The standard InChI is InChI=1S/C14H13N3O5S2/c1-2-10-13(18)16-9-5-8(3-4-11(9)22-10)24(20,21)17-14(19)12-6-15-7-23-12/h3-7,10H,2H2,1H3,(H,16,18)(H,17,19). The molecule has 0 radical (unpaired) electrons. The third-order valence-electron chi connectivity index (χ3n) is 3.33. The second-order valence-electron chi connectivity index (χ2n) is 4.96. The smallest absolute Gasteiger partial charge is 0.276 e. The molecular weight excluding hydrogens is 354 g/mol. The number of nitrogens with zero attached hydrogens (tertiary/aromatic N) is 1. The van der Waals surface area contributed by atoms with Crippen LogP contribution in [0.2, 0.25) is 0 Å². The van der Waals surface area contributed by atoms with Gasteiger partial charge in [0, 0.05) is 0 Å². The molecule has 1 aromatic carbocycles. The zero-order chi connectivity index (χ0) is 17.3. The zero-order valence-corrected chi connectivity index (χ0v) is 14.1. The summed E-state index contributed by atoms with van der Waals surface area (Å²) in [6, 6.07) is 4.01. The molecule has 2 heterocycles. The topological polar surface area (TPSA) is 114 Å². The fourth-order valence-corrected chi connectivity index (χ4v) is 3.70. The van der Waals surface area contributed by atoms with Gasteiger partial charge < -0.3 is 10.1 Å². The van der Waals surface area contributed by atoms with Gasteiger partial charge >= 0.3 is 0 Å². The van der Waals surface area contributed by atoms with Gasteiger partial charge in [0.25, 0.3) is 21.8 Å². The van der Waals surface area contributed by atoms with Gasteiger partial charge in [-0.25, -0.2) is 13.1 Å². The second-order valence-corrected chi connectivity index (χ2v) is 7.53. The van der Waals surface area contributed by atoms with Crippen molar-refractivity contribution in [1.29, 1.82) is 0 Å². The lowest BCUT2D eigenvalue weighted by Crippen LogP contribution is -2.36. The molecule has 0 saturated heterocycles. The average Bonchev–Trinajstić information content (AvgIpc) is 3.07. The number of anilines is 1. The molecule has 2 aromatic rings. The molecule has 1 aromatic heterocycles. The molecule has 2 N–H and O–H groups in total. The van der Waals surface area contributed by atoms with E-state index in [9.17, 15) is 18.0 Å². The van der Waals surface area contributed by atoms with Crippen molar-refractivity contribution in [2.45, 2.75) is 24.3 Å². The number of hydrogen-bond donors (Lipinski definition) is 2. The van der Waals surface area contributed by atoms with Crippen LogP contribution in [-0.2, 0) is 14.8 Å². The minimum absolute atomic E-state index is 0.155. The predicted molar refractivity (Wildman–Crippen MR) is 86.5 cm³/mol. The molecule has 0 saturated carbocycles. The molecule has 0 spiro atoms. The molecule has 10 heteroatoms. The molecule has 0 aliphatic carbocycles. The highest BCUT2D eigenvalue weighted by atomic mass is 32.2. The van der Waals surface area contributed by atoms with Crippen molar-refractivity contribution in [3.05, 3.63) is 34.8 Å². The summed E-state index contributed by atoms with van der Waals surface area (Å²) in [6.07, 6.45) is 1.17. The molecule has 1 atom stereocenters. The summed E-state index contributed by atoms with van der Waals surface area (Å²) in [4.78, 5) is 27.5. The van der Waals surface area contributed by atoms with E-state index in [1.165, 1.54) is 29.9 Å². The van der Waals surface area contributed by atoms with Crippen LogP contribution in [-0.4, -0.2) is 31.3 Å². The van der Waals surface area contributed by atoms with E-state index in [1.807, 2.05) is 11.6 Å². The SMILES string of the molecule is CCC1Oc2ccc(S(=O)(=O)NC(=O)c3cncs3)cc2NC1=O. The first-order valence-electron chi connectivity index (χ1n) is 6.98. The van der Waals surface area contributed by atoms with Crippen LogP contribution in [0.15, 0.2) is 34.8 Å². The lowest BCUT2D eigenvalue weighted by molar-refractivity contribution is -0.123. The van der Waals surface area contributed by atoms with Gasteiger partial charge in [-0.2, -0.15) is 0 Å². The van der Waals surface area contributed by atoms with E-state index in [1.54, 1.807) is 0 Å². The Bertz CT molecular complexity index is 893. The van der Waals surface area contributed by atoms with Crippen LogP contribution in [0.5, 0.6) is 5.75 Å². The first-order chi connectivity index (χ1) is 11.4. The Balaban J connectivity index is 1.86. The van der Waals surface area contributed by atoms with Crippen molar-refractivity contribution in [1.82, 2.24) is 9.71 Å². The Morgan fingerprint density at radius 2 is 2.25 bits per heavy atom. The molecule has 0 bridgehead atoms. The van der Waals surface area contributed by atoms with Gasteiger partial charge in [-0.1, -0.05) is 6.92 Å². The highest BCUT2D eigenvalue weighted by Crippen LogP contribution is 2.32. The average molecular weight is 367 g/mol. The molecular formula is C14H13N3O5S2. The van der Waals surface area contributed by atoms with Crippen LogP contribution in [0.1, 0.15) is 23.0 Å². The van der Waals surface area contributed by atoms with Gasteiger partial charge in [0.15, 0.2) is 6.10 Å². The van der Waals surface area contributed by atoms with Gasteiger partial charge in [-0.15, -0.1) is 11.3 Å². The summed E-state index contributed by atoms with van der Waals surface area (Å²) in [5, 5.41) is 2.61. The minimum Gasteiger partial charge on any atom is -0.478 e. The summed E-state index contributed by atoms with van der Waals surface area (Å²) < 4.78 is 32.1. The van der Waals surface area contributed by atoms with Gasteiger partial charge in [-0.05, 0) is 24.6 Å². The van der Waals surface area contributed by atoms with E-state index in [0.29, 0.717) is 12.2 Å². The zero-order valence-electron chi connectivity index (χ0n) is 12.5. The van der Waals surface area contributed by atoms with Crippen LogP contribution < -0.4 is 14.8 Å². The molecule has 8 nitrogen and oxygen atoms in total. The number of carbonyl (C=O) groups excluding carboxylic acids is 2. The Kier molecular flexibility index (Phi) is 4.24. The van der Waals surface area contributed by atoms with Crippen molar-refractivity contribution in [3.8, 4) is 5.75 Å². The number of benzene rings is 1. The van der Waals surface area contributed by atoms with Crippen molar-refractivity contribution < 1.29 is 22.7 Å². The normalized spacial score (nSPS) is 16.7. The molecule has 1 aliphatic rings. The van der Waals surface area contributed by atoms with E-state index >= 15 is 0 Å². The maximum absolute atomic E-state index is 12.3. The molecule has 126 valence electrons. The molecule has 2 amide bonds. The Hall–Kier alpha value is -2.46. The van der Waals surface area contributed by atoms with Crippen molar-refractivity contribution in [3.63, 3.8) is 0 Å². The molecule has 0 fully saturated rings. The fraction of sp³-hybridized carbons (Fsp3) is 0.214. The third-order valence-corrected chi connectivity index (χ3v) is 5.44. The first-order valence-corrected chi connectivity index (χ1v) is 9.34. The number of sulfonamides is 1. The van der Waals surface area contributed by atoms with Crippen LogP contribution in [0, 0.1) is 0 Å². The first kappa shape index (κ1) is 16.4. The van der Waals surface area contributed by atoms with Crippen LogP contribution in [0.25, 0.3) is 0 Å². The lowest BCUT2D eigenvalue weighted by atomic mass is 10.2.